The standard InChI is InChI=1S/C15H22ClN3O/c1-10-3-4-13(16)7-14(10)19-6-5-12(9-19)8-18-15(20)11(2)17/h3-4,7,11-12H,5-6,8-9,17H2,1-2H3,(H,18,20)/t11-,12?/m1/s1. The molecule has 0 spiro atoms. The van der Waals surface area contributed by atoms with E-state index in [1.54, 1.807) is 6.92 Å². The number of amides is 1. The lowest BCUT2D eigenvalue weighted by atomic mass is 10.1. The van der Waals surface area contributed by atoms with Crippen molar-refractivity contribution in [3.63, 3.8) is 0 Å². The fourth-order valence-electron chi connectivity index (χ4n) is 2.55. The summed E-state index contributed by atoms with van der Waals surface area (Å²) >= 11 is 6.07. The summed E-state index contributed by atoms with van der Waals surface area (Å²) in [4.78, 5) is 13.8. The average Bonchev–Trinajstić information content (AvgIpc) is 2.87. The first-order valence-electron chi connectivity index (χ1n) is 7.01. The van der Waals surface area contributed by atoms with Crippen LogP contribution in [0.2, 0.25) is 5.02 Å². The van der Waals surface area contributed by atoms with Crippen molar-refractivity contribution in [2.45, 2.75) is 26.3 Å². The molecule has 20 heavy (non-hydrogen) atoms. The molecule has 3 N–H and O–H groups in total. The zero-order valence-electron chi connectivity index (χ0n) is 12.0. The first-order valence-corrected chi connectivity index (χ1v) is 7.39. The highest BCUT2D eigenvalue weighted by Gasteiger charge is 2.24. The summed E-state index contributed by atoms with van der Waals surface area (Å²) in [7, 11) is 0. The molecule has 1 unspecified atom stereocenters. The lowest BCUT2D eigenvalue weighted by Crippen LogP contribution is -2.40. The molecular formula is C15H22ClN3O. The van der Waals surface area contributed by atoms with Gasteiger partial charge in [-0.3, -0.25) is 4.79 Å². The van der Waals surface area contributed by atoms with Crippen molar-refractivity contribution in [2.75, 3.05) is 24.5 Å². The molecule has 2 atom stereocenters. The minimum Gasteiger partial charge on any atom is -0.371 e. The summed E-state index contributed by atoms with van der Waals surface area (Å²) in [5.74, 6) is 0.387. The van der Waals surface area contributed by atoms with Crippen LogP contribution in [0.25, 0.3) is 0 Å². The largest absolute Gasteiger partial charge is 0.371 e. The maximum absolute atomic E-state index is 11.5. The van der Waals surface area contributed by atoms with Gasteiger partial charge in [-0.05, 0) is 43.9 Å². The summed E-state index contributed by atoms with van der Waals surface area (Å²) in [5, 5.41) is 3.67. The van der Waals surface area contributed by atoms with Crippen molar-refractivity contribution in [3.8, 4) is 0 Å². The molecule has 0 aliphatic carbocycles. The molecule has 110 valence electrons. The molecule has 0 saturated carbocycles. The predicted molar refractivity (Wildman–Crippen MR) is 83.2 cm³/mol. The topological polar surface area (TPSA) is 58.4 Å². The molecule has 1 aromatic carbocycles. The van der Waals surface area contributed by atoms with Crippen molar-refractivity contribution in [2.24, 2.45) is 11.7 Å². The van der Waals surface area contributed by atoms with Gasteiger partial charge in [0, 0.05) is 30.3 Å². The summed E-state index contributed by atoms with van der Waals surface area (Å²) in [6, 6.07) is 5.53. The number of anilines is 1. The number of hydrogen-bond donors (Lipinski definition) is 2. The molecule has 1 aliphatic rings. The minimum atomic E-state index is -0.442. The second-order valence-electron chi connectivity index (χ2n) is 5.57. The van der Waals surface area contributed by atoms with Crippen LogP contribution in [-0.2, 0) is 4.79 Å². The third-order valence-electron chi connectivity index (χ3n) is 3.78. The Balaban J connectivity index is 1.92. The number of carbonyl (C=O) groups excluding carboxylic acids is 1. The Bertz CT molecular complexity index is 490. The van der Waals surface area contributed by atoms with Crippen molar-refractivity contribution < 1.29 is 4.79 Å². The Morgan fingerprint density at radius 3 is 3.05 bits per heavy atom. The zero-order valence-corrected chi connectivity index (χ0v) is 12.8. The summed E-state index contributed by atoms with van der Waals surface area (Å²) in [5.41, 5.74) is 7.96. The van der Waals surface area contributed by atoms with Crippen LogP contribution in [0, 0.1) is 12.8 Å². The molecule has 1 fully saturated rings. The number of hydrogen-bond acceptors (Lipinski definition) is 3. The first-order chi connectivity index (χ1) is 9.47. The number of nitrogens with zero attached hydrogens (tertiary/aromatic N) is 1. The van der Waals surface area contributed by atoms with E-state index < -0.39 is 6.04 Å². The molecule has 0 aromatic heterocycles. The van der Waals surface area contributed by atoms with Crippen molar-refractivity contribution in [1.29, 1.82) is 0 Å². The smallest absolute Gasteiger partial charge is 0.236 e. The summed E-state index contributed by atoms with van der Waals surface area (Å²) in [6.07, 6.45) is 1.07. The van der Waals surface area contributed by atoms with Gasteiger partial charge >= 0.3 is 0 Å². The van der Waals surface area contributed by atoms with Gasteiger partial charge in [-0.1, -0.05) is 17.7 Å². The van der Waals surface area contributed by atoms with E-state index in [1.165, 1.54) is 11.3 Å². The molecular weight excluding hydrogens is 274 g/mol. The Labute approximate surface area is 125 Å². The Morgan fingerprint density at radius 1 is 1.60 bits per heavy atom. The molecule has 1 saturated heterocycles. The Hall–Kier alpha value is -1.26. The minimum absolute atomic E-state index is 0.0811. The average molecular weight is 296 g/mol. The SMILES string of the molecule is Cc1ccc(Cl)cc1N1CCC(CNC(=O)[C@@H](C)N)C1. The van der Waals surface area contributed by atoms with E-state index in [4.69, 9.17) is 17.3 Å². The maximum atomic E-state index is 11.5. The number of nitrogens with two attached hydrogens (primary N) is 1. The third kappa shape index (κ3) is 3.64. The molecule has 4 nitrogen and oxygen atoms in total. The van der Waals surface area contributed by atoms with E-state index in [-0.39, 0.29) is 5.91 Å². The van der Waals surface area contributed by atoms with Crippen LogP contribution in [0.1, 0.15) is 18.9 Å². The van der Waals surface area contributed by atoms with E-state index in [1.807, 2.05) is 18.2 Å². The van der Waals surface area contributed by atoms with Crippen LogP contribution < -0.4 is 16.0 Å². The van der Waals surface area contributed by atoms with Gasteiger partial charge < -0.3 is 16.0 Å². The monoisotopic (exact) mass is 295 g/mol. The number of benzene rings is 1. The maximum Gasteiger partial charge on any atom is 0.236 e. The molecule has 0 radical (unpaired) electrons. The highest BCUT2D eigenvalue weighted by atomic mass is 35.5. The number of nitrogens with one attached hydrogen (secondary N) is 1. The van der Waals surface area contributed by atoms with Gasteiger partial charge in [0.25, 0.3) is 0 Å². The number of carbonyl (C=O) groups is 1. The van der Waals surface area contributed by atoms with E-state index in [0.29, 0.717) is 12.5 Å². The van der Waals surface area contributed by atoms with Crippen LogP contribution in [0.4, 0.5) is 5.69 Å². The van der Waals surface area contributed by atoms with Gasteiger partial charge in [0.2, 0.25) is 5.91 Å². The number of halogens is 1. The quantitative estimate of drug-likeness (QED) is 0.892. The van der Waals surface area contributed by atoms with E-state index in [9.17, 15) is 4.79 Å². The Morgan fingerprint density at radius 2 is 2.35 bits per heavy atom. The van der Waals surface area contributed by atoms with Gasteiger partial charge in [-0.2, -0.15) is 0 Å². The molecule has 0 bridgehead atoms. The van der Waals surface area contributed by atoms with Gasteiger partial charge in [0.05, 0.1) is 6.04 Å². The highest BCUT2D eigenvalue weighted by Crippen LogP contribution is 2.29. The Kier molecular flexibility index (Phi) is 4.89. The van der Waals surface area contributed by atoms with E-state index in [2.05, 4.69) is 17.1 Å². The molecule has 2 rings (SSSR count). The van der Waals surface area contributed by atoms with Crippen LogP contribution in [0.3, 0.4) is 0 Å². The molecule has 5 heteroatoms. The van der Waals surface area contributed by atoms with Crippen molar-refractivity contribution in [1.82, 2.24) is 5.32 Å². The van der Waals surface area contributed by atoms with Crippen molar-refractivity contribution >= 4 is 23.2 Å². The summed E-state index contributed by atoms with van der Waals surface area (Å²) in [6.45, 7) is 6.43. The second-order valence-corrected chi connectivity index (χ2v) is 6.00. The van der Waals surface area contributed by atoms with Crippen molar-refractivity contribution in [3.05, 3.63) is 28.8 Å². The highest BCUT2D eigenvalue weighted by molar-refractivity contribution is 6.30. The molecule has 1 amide bonds. The van der Waals surface area contributed by atoms with Crippen LogP contribution in [0.15, 0.2) is 18.2 Å². The first kappa shape index (κ1) is 15.1. The zero-order chi connectivity index (χ0) is 14.7. The lowest BCUT2D eigenvalue weighted by molar-refractivity contribution is -0.122. The fraction of sp³-hybridized carbons (Fsp3) is 0.533. The van der Waals surface area contributed by atoms with Crippen LogP contribution in [-0.4, -0.2) is 31.6 Å². The molecule has 1 aliphatic heterocycles. The molecule has 1 aromatic rings. The van der Waals surface area contributed by atoms with Gasteiger partial charge in [-0.15, -0.1) is 0 Å². The van der Waals surface area contributed by atoms with Gasteiger partial charge in [0.15, 0.2) is 0 Å². The van der Waals surface area contributed by atoms with Gasteiger partial charge in [-0.25, -0.2) is 0 Å². The number of aryl methyl sites for hydroxylation is 1. The summed E-state index contributed by atoms with van der Waals surface area (Å²) < 4.78 is 0. The number of rotatable bonds is 4. The predicted octanol–water partition coefficient (Wildman–Crippen LogP) is 1.94. The third-order valence-corrected chi connectivity index (χ3v) is 4.01. The second kappa shape index (κ2) is 6.46. The fourth-order valence-corrected chi connectivity index (χ4v) is 2.71. The lowest BCUT2D eigenvalue weighted by Gasteiger charge is -2.21. The van der Waals surface area contributed by atoms with E-state index in [0.717, 1.165) is 24.5 Å². The normalized spacial score (nSPS) is 20.0. The van der Waals surface area contributed by atoms with E-state index >= 15 is 0 Å². The van der Waals surface area contributed by atoms with Crippen LogP contribution in [0.5, 0.6) is 0 Å². The van der Waals surface area contributed by atoms with Gasteiger partial charge in [0.1, 0.15) is 0 Å². The van der Waals surface area contributed by atoms with Crippen LogP contribution >= 0.6 is 11.6 Å². The molecule has 1 heterocycles.